The normalized spacial score (nSPS) is 12.4. The van der Waals surface area contributed by atoms with Crippen LogP contribution >= 0.6 is 0 Å². The zero-order valence-electron chi connectivity index (χ0n) is 13.1. The van der Waals surface area contributed by atoms with Crippen LogP contribution in [0.3, 0.4) is 0 Å². The Bertz CT molecular complexity index is 542. The number of anilines is 1. The van der Waals surface area contributed by atoms with Crippen molar-refractivity contribution in [3.63, 3.8) is 0 Å². The average Bonchev–Trinajstić information content (AvgIpc) is 2.43. The van der Waals surface area contributed by atoms with Gasteiger partial charge in [0, 0.05) is 13.1 Å². The minimum atomic E-state index is -3.47. The quantitative estimate of drug-likeness (QED) is 0.652. The molecule has 0 aliphatic heterocycles. The maximum atomic E-state index is 12.3. The van der Waals surface area contributed by atoms with Crippen LogP contribution in [-0.4, -0.2) is 28.1 Å². The van der Waals surface area contributed by atoms with Crippen LogP contribution in [0.25, 0.3) is 0 Å². The monoisotopic (exact) mass is 313 g/mol. The van der Waals surface area contributed by atoms with Gasteiger partial charge < -0.3 is 11.1 Å². The fourth-order valence-electron chi connectivity index (χ4n) is 1.97. The van der Waals surface area contributed by atoms with Gasteiger partial charge in [-0.2, -0.15) is 0 Å². The van der Waals surface area contributed by atoms with Crippen LogP contribution in [0.5, 0.6) is 0 Å². The molecule has 0 saturated heterocycles. The van der Waals surface area contributed by atoms with Crippen LogP contribution in [0.2, 0.25) is 0 Å². The second-order valence-corrected chi connectivity index (χ2v) is 7.69. The second-order valence-electron chi connectivity index (χ2n) is 5.95. The van der Waals surface area contributed by atoms with Crippen LogP contribution in [0, 0.1) is 5.41 Å². The summed E-state index contributed by atoms with van der Waals surface area (Å²) in [5.74, 6) is 0. The molecule has 0 unspecified atom stereocenters. The van der Waals surface area contributed by atoms with Gasteiger partial charge in [0.25, 0.3) is 0 Å². The smallest absolute Gasteiger partial charge is 0.242 e. The first-order chi connectivity index (χ1) is 9.82. The van der Waals surface area contributed by atoms with E-state index in [4.69, 9.17) is 5.73 Å². The third kappa shape index (κ3) is 5.65. The molecule has 0 fully saturated rings. The van der Waals surface area contributed by atoms with Crippen molar-refractivity contribution >= 4 is 15.7 Å². The summed E-state index contributed by atoms with van der Waals surface area (Å²) in [6, 6.07) is 6.98. The lowest BCUT2D eigenvalue weighted by Gasteiger charge is -2.25. The minimum Gasteiger partial charge on any atom is -0.383 e. The predicted octanol–water partition coefficient (Wildman–Crippen LogP) is 2.16. The van der Waals surface area contributed by atoms with Crippen molar-refractivity contribution in [3.05, 3.63) is 24.3 Å². The van der Waals surface area contributed by atoms with E-state index in [1.165, 1.54) is 0 Å². The zero-order chi connectivity index (χ0) is 15.9. The van der Waals surface area contributed by atoms with Gasteiger partial charge in [0.1, 0.15) is 4.90 Å². The van der Waals surface area contributed by atoms with Crippen LogP contribution in [0.15, 0.2) is 29.2 Å². The Balaban J connectivity index is 2.90. The van der Waals surface area contributed by atoms with Crippen LogP contribution < -0.4 is 15.8 Å². The molecule has 0 atom stereocenters. The van der Waals surface area contributed by atoms with E-state index in [0.717, 1.165) is 12.8 Å². The van der Waals surface area contributed by atoms with E-state index in [9.17, 15) is 8.42 Å². The Hall–Kier alpha value is -1.11. The third-order valence-corrected chi connectivity index (χ3v) is 4.82. The fourth-order valence-corrected chi connectivity index (χ4v) is 3.29. The predicted molar refractivity (Wildman–Crippen MR) is 87.9 cm³/mol. The molecular formula is C15H27N3O2S. The van der Waals surface area contributed by atoms with Crippen molar-refractivity contribution in [2.45, 2.75) is 38.5 Å². The van der Waals surface area contributed by atoms with Gasteiger partial charge in [0.15, 0.2) is 0 Å². The standard InChI is InChI=1S/C15H27N3O2S/c1-4-11-18-21(19,20)14-8-6-5-7-13(14)17-12-15(2,3)9-10-16/h5-8,17-18H,4,9-12,16H2,1-3H3. The van der Waals surface area contributed by atoms with Gasteiger partial charge in [-0.1, -0.05) is 32.9 Å². The molecule has 0 aliphatic rings. The molecule has 0 heterocycles. The van der Waals surface area contributed by atoms with E-state index in [1.54, 1.807) is 18.2 Å². The lowest BCUT2D eigenvalue weighted by molar-refractivity contribution is 0.365. The molecule has 120 valence electrons. The molecule has 5 nitrogen and oxygen atoms in total. The van der Waals surface area contributed by atoms with Gasteiger partial charge in [-0.15, -0.1) is 0 Å². The largest absolute Gasteiger partial charge is 0.383 e. The second kappa shape index (κ2) is 7.77. The third-order valence-electron chi connectivity index (χ3n) is 3.30. The number of sulfonamides is 1. The van der Waals surface area contributed by atoms with Crippen molar-refractivity contribution in [3.8, 4) is 0 Å². The summed E-state index contributed by atoms with van der Waals surface area (Å²) in [7, 11) is -3.47. The van der Waals surface area contributed by atoms with Gasteiger partial charge in [-0.3, -0.25) is 0 Å². The van der Waals surface area contributed by atoms with E-state index in [2.05, 4.69) is 23.9 Å². The summed E-state index contributed by atoms with van der Waals surface area (Å²) in [6.07, 6.45) is 1.64. The van der Waals surface area contributed by atoms with Gasteiger partial charge in [0.05, 0.1) is 5.69 Å². The fraction of sp³-hybridized carbons (Fsp3) is 0.600. The van der Waals surface area contributed by atoms with Crippen LogP contribution in [-0.2, 0) is 10.0 Å². The maximum absolute atomic E-state index is 12.3. The van der Waals surface area contributed by atoms with Crippen molar-refractivity contribution in [2.24, 2.45) is 11.1 Å². The highest BCUT2D eigenvalue weighted by Crippen LogP contribution is 2.24. The maximum Gasteiger partial charge on any atom is 0.242 e. The number of hydrogen-bond acceptors (Lipinski definition) is 4. The van der Waals surface area contributed by atoms with E-state index in [0.29, 0.717) is 30.2 Å². The molecule has 0 spiro atoms. The Morgan fingerprint density at radius 1 is 1.24 bits per heavy atom. The number of para-hydroxylation sites is 1. The number of benzene rings is 1. The molecule has 0 aliphatic carbocycles. The highest BCUT2D eigenvalue weighted by Gasteiger charge is 2.20. The van der Waals surface area contributed by atoms with Crippen molar-refractivity contribution in [2.75, 3.05) is 25.0 Å². The summed E-state index contributed by atoms with van der Waals surface area (Å²) in [5.41, 5.74) is 6.25. The Kier molecular flexibility index (Phi) is 6.64. The topological polar surface area (TPSA) is 84.2 Å². The molecule has 21 heavy (non-hydrogen) atoms. The summed E-state index contributed by atoms with van der Waals surface area (Å²) in [5, 5.41) is 3.25. The van der Waals surface area contributed by atoms with Crippen molar-refractivity contribution in [1.82, 2.24) is 4.72 Å². The van der Waals surface area contributed by atoms with Gasteiger partial charge >= 0.3 is 0 Å². The van der Waals surface area contributed by atoms with Crippen molar-refractivity contribution < 1.29 is 8.42 Å². The molecule has 1 aromatic carbocycles. The molecule has 6 heteroatoms. The molecule has 0 saturated carbocycles. The summed E-state index contributed by atoms with van der Waals surface area (Å²) >= 11 is 0. The molecule has 1 aromatic rings. The van der Waals surface area contributed by atoms with E-state index in [1.807, 2.05) is 13.0 Å². The number of hydrogen-bond donors (Lipinski definition) is 3. The first-order valence-corrected chi connectivity index (χ1v) is 8.83. The molecule has 1 rings (SSSR count). The SMILES string of the molecule is CCCNS(=O)(=O)c1ccccc1NCC(C)(C)CCN. The zero-order valence-corrected chi connectivity index (χ0v) is 14.0. The molecule has 0 aromatic heterocycles. The lowest BCUT2D eigenvalue weighted by atomic mass is 9.89. The molecular weight excluding hydrogens is 286 g/mol. The number of nitrogens with two attached hydrogens (primary N) is 1. The summed E-state index contributed by atoms with van der Waals surface area (Å²) in [6.45, 7) is 7.88. The molecule has 4 N–H and O–H groups in total. The number of rotatable bonds is 9. The minimum absolute atomic E-state index is 0.0163. The van der Waals surface area contributed by atoms with Gasteiger partial charge in [0.2, 0.25) is 10.0 Å². The van der Waals surface area contributed by atoms with Crippen molar-refractivity contribution in [1.29, 1.82) is 0 Å². The van der Waals surface area contributed by atoms with E-state index < -0.39 is 10.0 Å². The number of nitrogens with one attached hydrogen (secondary N) is 2. The Morgan fingerprint density at radius 3 is 2.52 bits per heavy atom. The Morgan fingerprint density at radius 2 is 1.90 bits per heavy atom. The summed E-state index contributed by atoms with van der Waals surface area (Å²) < 4.78 is 27.2. The van der Waals surface area contributed by atoms with E-state index >= 15 is 0 Å². The van der Waals surface area contributed by atoms with Crippen LogP contribution in [0.1, 0.15) is 33.6 Å². The highest BCUT2D eigenvalue weighted by atomic mass is 32.2. The first-order valence-electron chi connectivity index (χ1n) is 7.35. The Labute approximate surface area is 128 Å². The van der Waals surface area contributed by atoms with Crippen LogP contribution in [0.4, 0.5) is 5.69 Å². The summed E-state index contributed by atoms with van der Waals surface area (Å²) in [4.78, 5) is 0.294. The lowest BCUT2D eigenvalue weighted by Crippen LogP contribution is -2.28. The van der Waals surface area contributed by atoms with E-state index in [-0.39, 0.29) is 5.41 Å². The molecule has 0 bridgehead atoms. The van der Waals surface area contributed by atoms with Gasteiger partial charge in [-0.05, 0) is 36.9 Å². The molecule has 0 radical (unpaired) electrons. The average molecular weight is 313 g/mol. The first kappa shape index (κ1) is 17.9. The highest BCUT2D eigenvalue weighted by molar-refractivity contribution is 7.89. The van der Waals surface area contributed by atoms with Gasteiger partial charge in [-0.25, -0.2) is 13.1 Å². The molecule has 0 amide bonds.